The first-order valence-electron chi connectivity index (χ1n) is 10.6. The lowest BCUT2D eigenvalue weighted by Gasteiger charge is -2.22. The molecular formula is C25H32O2. The Morgan fingerprint density at radius 3 is 2.59 bits per heavy atom. The maximum Gasteiger partial charge on any atom is 0.310 e. The Balaban J connectivity index is 1.64. The quantitative estimate of drug-likeness (QED) is 0.279. The van der Waals surface area contributed by atoms with Crippen LogP contribution in [0.25, 0.3) is 16.3 Å². The first kappa shape index (κ1) is 19.7. The second-order valence-electron chi connectivity index (χ2n) is 7.77. The Morgan fingerprint density at radius 1 is 1.04 bits per heavy atom. The lowest BCUT2D eigenvalue weighted by molar-refractivity contribution is -0.134. The molecule has 2 heteroatoms. The van der Waals surface area contributed by atoms with Gasteiger partial charge in [-0.05, 0) is 65.3 Å². The van der Waals surface area contributed by atoms with Gasteiger partial charge in [-0.15, -0.1) is 0 Å². The van der Waals surface area contributed by atoms with E-state index in [-0.39, 0.29) is 5.97 Å². The van der Waals surface area contributed by atoms with E-state index in [0.29, 0.717) is 12.2 Å². The fraction of sp³-hybridized carbons (Fsp3) is 0.480. The topological polar surface area (TPSA) is 26.3 Å². The molecule has 144 valence electrons. The molecule has 0 aromatic heterocycles. The predicted octanol–water partition coefficient (Wildman–Crippen LogP) is 7.31. The number of hydrogen-bond acceptors (Lipinski definition) is 2. The van der Waals surface area contributed by atoms with Crippen LogP contribution in [0.5, 0.6) is 5.75 Å². The SMILES string of the molecule is CCCCCCC1CC=C(c2ccc3cc(OC(=O)CC)ccc3c2)CC1. The van der Waals surface area contributed by atoms with E-state index in [4.69, 9.17) is 4.74 Å². The molecule has 1 aliphatic carbocycles. The molecular weight excluding hydrogens is 332 g/mol. The zero-order valence-corrected chi connectivity index (χ0v) is 16.8. The number of esters is 1. The molecule has 1 atom stereocenters. The van der Waals surface area contributed by atoms with Gasteiger partial charge in [0.25, 0.3) is 0 Å². The number of hydrogen-bond donors (Lipinski definition) is 0. The molecule has 0 aliphatic heterocycles. The smallest absolute Gasteiger partial charge is 0.310 e. The van der Waals surface area contributed by atoms with Gasteiger partial charge in [0, 0.05) is 6.42 Å². The molecule has 0 heterocycles. The van der Waals surface area contributed by atoms with Crippen LogP contribution in [0.2, 0.25) is 0 Å². The third-order valence-electron chi connectivity index (χ3n) is 5.69. The Hall–Kier alpha value is -2.09. The minimum atomic E-state index is -0.192. The molecule has 3 rings (SSSR count). The number of carbonyl (C=O) groups is 1. The maximum absolute atomic E-state index is 11.5. The number of allylic oxidation sites excluding steroid dienone is 2. The van der Waals surface area contributed by atoms with Crippen molar-refractivity contribution in [3.63, 3.8) is 0 Å². The van der Waals surface area contributed by atoms with E-state index in [1.165, 1.54) is 67.9 Å². The average Bonchev–Trinajstić information content (AvgIpc) is 2.71. The zero-order valence-electron chi connectivity index (χ0n) is 16.8. The molecule has 0 fully saturated rings. The Labute approximate surface area is 163 Å². The molecule has 2 aromatic carbocycles. The highest BCUT2D eigenvalue weighted by Gasteiger charge is 2.15. The summed E-state index contributed by atoms with van der Waals surface area (Å²) in [7, 11) is 0. The largest absolute Gasteiger partial charge is 0.427 e. The minimum Gasteiger partial charge on any atom is -0.427 e. The molecule has 2 nitrogen and oxygen atoms in total. The van der Waals surface area contributed by atoms with Gasteiger partial charge < -0.3 is 4.74 Å². The number of rotatable bonds is 8. The van der Waals surface area contributed by atoms with Crippen LogP contribution in [0.3, 0.4) is 0 Å². The van der Waals surface area contributed by atoms with Crippen LogP contribution in [0.15, 0.2) is 42.5 Å². The van der Waals surface area contributed by atoms with Crippen LogP contribution < -0.4 is 4.74 Å². The fourth-order valence-corrected chi connectivity index (χ4v) is 3.96. The van der Waals surface area contributed by atoms with Crippen molar-refractivity contribution in [3.8, 4) is 5.75 Å². The van der Waals surface area contributed by atoms with Gasteiger partial charge in [-0.3, -0.25) is 4.79 Å². The van der Waals surface area contributed by atoms with Crippen LogP contribution in [-0.4, -0.2) is 5.97 Å². The third kappa shape index (κ3) is 5.45. The third-order valence-corrected chi connectivity index (χ3v) is 5.69. The van der Waals surface area contributed by atoms with Crippen molar-refractivity contribution >= 4 is 22.3 Å². The van der Waals surface area contributed by atoms with E-state index in [9.17, 15) is 4.79 Å². The number of carbonyl (C=O) groups excluding carboxylic acids is 1. The highest BCUT2D eigenvalue weighted by molar-refractivity contribution is 5.88. The zero-order chi connectivity index (χ0) is 19.1. The second kappa shape index (κ2) is 9.73. The van der Waals surface area contributed by atoms with Crippen molar-refractivity contribution in [2.24, 2.45) is 5.92 Å². The minimum absolute atomic E-state index is 0.192. The Morgan fingerprint density at radius 2 is 1.85 bits per heavy atom. The summed E-state index contributed by atoms with van der Waals surface area (Å²) in [5.74, 6) is 1.31. The molecule has 0 saturated carbocycles. The molecule has 1 unspecified atom stereocenters. The average molecular weight is 365 g/mol. The molecule has 0 bridgehead atoms. The monoisotopic (exact) mass is 364 g/mol. The summed E-state index contributed by atoms with van der Waals surface area (Å²) >= 11 is 0. The van der Waals surface area contributed by atoms with E-state index >= 15 is 0 Å². The van der Waals surface area contributed by atoms with E-state index in [0.717, 1.165) is 11.3 Å². The van der Waals surface area contributed by atoms with Gasteiger partial charge in [0.05, 0.1) is 0 Å². The molecule has 0 amide bonds. The van der Waals surface area contributed by atoms with Crippen molar-refractivity contribution < 1.29 is 9.53 Å². The van der Waals surface area contributed by atoms with Gasteiger partial charge >= 0.3 is 5.97 Å². The normalized spacial score (nSPS) is 17.0. The molecule has 1 aliphatic rings. The summed E-state index contributed by atoms with van der Waals surface area (Å²) in [6.45, 7) is 4.08. The summed E-state index contributed by atoms with van der Waals surface area (Å²) in [5.41, 5.74) is 2.83. The second-order valence-corrected chi connectivity index (χ2v) is 7.77. The van der Waals surface area contributed by atoms with Crippen LogP contribution in [0, 0.1) is 5.92 Å². The van der Waals surface area contributed by atoms with Gasteiger partial charge in [0.15, 0.2) is 0 Å². The summed E-state index contributed by atoms with van der Waals surface area (Å²) in [6.07, 6.45) is 13.5. The Bertz CT molecular complexity index is 803. The standard InChI is InChI=1S/C25H32O2/c1-3-5-6-7-8-19-9-11-20(12-10-19)21-13-14-23-18-24(27-25(26)4-2)16-15-22(23)17-21/h11,13-19H,3-10,12H2,1-2H3. The predicted molar refractivity (Wildman–Crippen MR) is 114 cm³/mol. The first-order valence-corrected chi connectivity index (χ1v) is 10.6. The van der Waals surface area contributed by atoms with E-state index in [1.807, 2.05) is 19.1 Å². The molecule has 0 radical (unpaired) electrons. The van der Waals surface area contributed by atoms with Crippen molar-refractivity contribution in [2.45, 2.75) is 71.6 Å². The van der Waals surface area contributed by atoms with Crippen molar-refractivity contribution in [2.75, 3.05) is 0 Å². The highest BCUT2D eigenvalue weighted by atomic mass is 16.5. The van der Waals surface area contributed by atoms with Crippen LogP contribution in [-0.2, 0) is 4.79 Å². The Kier molecular flexibility index (Phi) is 7.09. The lowest BCUT2D eigenvalue weighted by Crippen LogP contribution is -2.06. The van der Waals surface area contributed by atoms with E-state index < -0.39 is 0 Å². The van der Waals surface area contributed by atoms with E-state index in [2.05, 4.69) is 37.3 Å². The summed E-state index contributed by atoms with van der Waals surface area (Å²) < 4.78 is 5.33. The molecule has 0 spiro atoms. The molecule has 27 heavy (non-hydrogen) atoms. The van der Waals surface area contributed by atoms with Crippen LogP contribution in [0.4, 0.5) is 0 Å². The lowest BCUT2D eigenvalue weighted by atomic mass is 9.83. The summed E-state index contributed by atoms with van der Waals surface area (Å²) in [6, 6.07) is 12.5. The van der Waals surface area contributed by atoms with Crippen LogP contribution >= 0.6 is 0 Å². The molecule has 0 N–H and O–H groups in total. The van der Waals surface area contributed by atoms with Crippen molar-refractivity contribution in [1.29, 1.82) is 0 Å². The number of benzene rings is 2. The number of unbranched alkanes of at least 4 members (excludes halogenated alkanes) is 3. The van der Waals surface area contributed by atoms with Crippen molar-refractivity contribution in [1.82, 2.24) is 0 Å². The highest BCUT2D eigenvalue weighted by Crippen LogP contribution is 2.34. The number of fused-ring (bicyclic) bond motifs is 1. The number of ether oxygens (including phenoxy) is 1. The van der Waals surface area contributed by atoms with Crippen LogP contribution in [0.1, 0.15) is 77.2 Å². The van der Waals surface area contributed by atoms with Gasteiger partial charge in [-0.25, -0.2) is 0 Å². The fourth-order valence-electron chi connectivity index (χ4n) is 3.96. The van der Waals surface area contributed by atoms with Gasteiger partial charge in [-0.2, -0.15) is 0 Å². The van der Waals surface area contributed by atoms with E-state index in [1.54, 1.807) is 0 Å². The summed E-state index contributed by atoms with van der Waals surface area (Å²) in [5, 5.41) is 2.32. The molecule has 0 saturated heterocycles. The van der Waals surface area contributed by atoms with Gasteiger partial charge in [0.1, 0.15) is 5.75 Å². The van der Waals surface area contributed by atoms with Crippen molar-refractivity contribution in [3.05, 3.63) is 48.0 Å². The van der Waals surface area contributed by atoms with Gasteiger partial charge in [-0.1, -0.05) is 70.2 Å². The maximum atomic E-state index is 11.5. The summed E-state index contributed by atoms with van der Waals surface area (Å²) in [4.78, 5) is 11.5. The molecule has 2 aromatic rings. The van der Waals surface area contributed by atoms with Gasteiger partial charge in [0.2, 0.25) is 0 Å². The first-order chi connectivity index (χ1) is 13.2.